The molecule has 1 atom stereocenters. The topological polar surface area (TPSA) is 88.3 Å². The normalized spacial score (nSPS) is 20.9. The summed E-state index contributed by atoms with van der Waals surface area (Å²) in [7, 11) is 0. The molecule has 0 aliphatic carbocycles. The van der Waals surface area contributed by atoms with Gasteiger partial charge in [-0.05, 0) is 24.6 Å². The summed E-state index contributed by atoms with van der Waals surface area (Å²) in [5, 5.41) is 7.03. The van der Waals surface area contributed by atoms with Crippen LogP contribution in [-0.2, 0) is 23.3 Å². The number of hydrogen-bond acceptors (Lipinski definition) is 5. The van der Waals surface area contributed by atoms with Crippen molar-refractivity contribution in [2.75, 3.05) is 0 Å². The molecule has 7 nitrogen and oxygen atoms in total. The Morgan fingerprint density at radius 2 is 2.00 bits per heavy atom. The number of benzene rings is 1. The van der Waals surface area contributed by atoms with Gasteiger partial charge in [0.2, 0.25) is 5.89 Å². The third kappa shape index (κ3) is 2.68. The molecule has 8 heteroatoms. The predicted octanol–water partition coefficient (Wildman–Crippen LogP) is 2.25. The van der Waals surface area contributed by atoms with Gasteiger partial charge < -0.3 is 9.84 Å². The minimum atomic E-state index is -1.14. The van der Waals surface area contributed by atoms with Gasteiger partial charge in [0, 0.05) is 11.4 Å². The second-order valence-corrected chi connectivity index (χ2v) is 5.85. The third-order valence-corrected chi connectivity index (χ3v) is 4.07. The number of nitrogens with zero attached hydrogens (tertiary/aromatic N) is 3. The van der Waals surface area contributed by atoms with E-state index in [1.54, 1.807) is 31.2 Å². The Kier molecular flexibility index (Phi) is 3.81. The zero-order valence-electron chi connectivity index (χ0n) is 12.7. The van der Waals surface area contributed by atoms with E-state index in [2.05, 4.69) is 15.5 Å². The predicted molar refractivity (Wildman–Crippen MR) is 81.6 cm³/mol. The van der Waals surface area contributed by atoms with E-state index in [0.29, 0.717) is 22.8 Å². The molecule has 0 radical (unpaired) electrons. The van der Waals surface area contributed by atoms with Crippen LogP contribution in [0.2, 0.25) is 5.02 Å². The monoisotopic (exact) mass is 334 g/mol. The van der Waals surface area contributed by atoms with Gasteiger partial charge in [-0.3, -0.25) is 9.69 Å². The molecule has 2 heterocycles. The van der Waals surface area contributed by atoms with Crippen LogP contribution in [0.4, 0.5) is 4.79 Å². The number of nitrogens with one attached hydrogen (secondary N) is 1. The highest BCUT2D eigenvalue weighted by Gasteiger charge is 2.49. The van der Waals surface area contributed by atoms with Crippen molar-refractivity contribution in [2.24, 2.45) is 0 Å². The van der Waals surface area contributed by atoms with Crippen molar-refractivity contribution < 1.29 is 14.1 Å². The summed E-state index contributed by atoms with van der Waals surface area (Å²) in [4.78, 5) is 30.1. The molecule has 1 fully saturated rings. The van der Waals surface area contributed by atoms with E-state index in [9.17, 15) is 9.59 Å². The van der Waals surface area contributed by atoms with Gasteiger partial charge in [0.15, 0.2) is 5.82 Å². The lowest BCUT2D eigenvalue weighted by Gasteiger charge is -2.22. The van der Waals surface area contributed by atoms with E-state index in [4.69, 9.17) is 16.1 Å². The Labute approximate surface area is 137 Å². The number of hydrogen-bond donors (Lipinski definition) is 1. The summed E-state index contributed by atoms with van der Waals surface area (Å²) >= 11 is 5.87. The standard InChI is InChI=1S/C15H15ClN4O3/c1-3-11-17-12(23-19-11)8-20-13(21)15(2,18-14(20)22)9-4-6-10(16)7-5-9/h4-7H,3,8H2,1-2H3,(H,18,22). The zero-order chi connectivity index (χ0) is 16.6. The zero-order valence-corrected chi connectivity index (χ0v) is 13.4. The molecule has 2 aromatic rings. The Morgan fingerprint density at radius 1 is 1.30 bits per heavy atom. The molecule has 0 bridgehead atoms. The number of halogens is 1. The van der Waals surface area contributed by atoms with Gasteiger partial charge >= 0.3 is 6.03 Å². The van der Waals surface area contributed by atoms with Crippen LogP contribution >= 0.6 is 11.6 Å². The maximum absolute atomic E-state index is 12.7. The van der Waals surface area contributed by atoms with E-state index in [0.717, 1.165) is 4.90 Å². The van der Waals surface area contributed by atoms with E-state index >= 15 is 0 Å². The molecule has 3 amide bonds. The average molecular weight is 335 g/mol. The number of aromatic nitrogens is 2. The van der Waals surface area contributed by atoms with Crippen molar-refractivity contribution in [1.82, 2.24) is 20.4 Å². The number of imide groups is 1. The van der Waals surface area contributed by atoms with Gasteiger partial charge in [-0.1, -0.05) is 35.8 Å². The molecule has 1 unspecified atom stereocenters. The summed E-state index contributed by atoms with van der Waals surface area (Å²) < 4.78 is 5.05. The first kappa shape index (κ1) is 15.5. The van der Waals surface area contributed by atoms with Crippen molar-refractivity contribution in [1.29, 1.82) is 0 Å². The van der Waals surface area contributed by atoms with Gasteiger partial charge in [-0.25, -0.2) is 4.79 Å². The van der Waals surface area contributed by atoms with Crippen LogP contribution in [0.25, 0.3) is 0 Å². The van der Waals surface area contributed by atoms with Crippen LogP contribution in [0.3, 0.4) is 0 Å². The highest BCUT2D eigenvalue weighted by molar-refractivity contribution is 6.30. The molecule has 0 saturated carbocycles. The van der Waals surface area contributed by atoms with Gasteiger partial charge in [0.05, 0.1) is 0 Å². The molecule has 1 saturated heterocycles. The van der Waals surface area contributed by atoms with Gasteiger partial charge in [0.25, 0.3) is 5.91 Å². The van der Waals surface area contributed by atoms with Crippen molar-refractivity contribution in [3.63, 3.8) is 0 Å². The fourth-order valence-electron chi connectivity index (χ4n) is 2.45. The number of aryl methyl sites for hydroxylation is 1. The second-order valence-electron chi connectivity index (χ2n) is 5.41. The summed E-state index contributed by atoms with van der Waals surface area (Å²) in [5.41, 5.74) is -0.488. The van der Waals surface area contributed by atoms with Crippen LogP contribution in [0, 0.1) is 0 Å². The maximum Gasteiger partial charge on any atom is 0.325 e. The van der Waals surface area contributed by atoms with Crippen molar-refractivity contribution in [3.05, 3.63) is 46.6 Å². The molecule has 1 aromatic carbocycles. The van der Waals surface area contributed by atoms with E-state index in [-0.39, 0.29) is 18.3 Å². The van der Waals surface area contributed by atoms with Gasteiger partial charge in [-0.2, -0.15) is 4.98 Å². The summed E-state index contributed by atoms with van der Waals surface area (Å²) in [6.07, 6.45) is 0.617. The SMILES string of the molecule is CCc1noc(CN2C(=O)NC(C)(c3ccc(Cl)cc3)C2=O)n1. The molecule has 3 rings (SSSR count). The lowest BCUT2D eigenvalue weighted by molar-refractivity contribution is -0.131. The average Bonchev–Trinajstić information content (AvgIpc) is 3.07. The Balaban J connectivity index is 1.85. The fourth-order valence-corrected chi connectivity index (χ4v) is 2.58. The number of carbonyl (C=O) groups is 2. The molecular formula is C15H15ClN4O3. The van der Waals surface area contributed by atoms with Crippen LogP contribution in [-0.4, -0.2) is 27.0 Å². The first-order chi connectivity index (χ1) is 10.9. The number of amides is 3. The smallest absolute Gasteiger partial charge is 0.325 e. The molecule has 1 aliphatic heterocycles. The molecule has 1 N–H and O–H groups in total. The molecule has 0 spiro atoms. The number of urea groups is 1. The highest BCUT2D eigenvalue weighted by Crippen LogP contribution is 2.30. The molecule has 120 valence electrons. The minimum Gasteiger partial charge on any atom is -0.337 e. The second kappa shape index (κ2) is 5.66. The quantitative estimate of drug-likeness (QED) is 0.866. The summed E-state index contributed by atoms with van der Waals surface area (Å²) in [6, 6.07) is 6.28. The Morgan fingerprint density at radius 3 is 2.61 bits per heavy atom. The fraction of sp³-hybridized carbons (Fsp3) is 0.333. The first-order valence-corrected chi connectivity index (χ1v) is 7.53. The summed E-state index contributed by atoms with van der Waals surface area (Å²) in [5.74, 6) is 0.388. The van der Waals surface area contributed by atoms with Crippen LogP contribution in [0.1, 0.15) is 31.1 Å². The van der Waals surface area contributed by atoms with Gasteiger partial charge in [0.1, 0.15) is 12.1 Å². The van der Waals surface area contributed by atoms with E-state index < -0.39 is 11.6 Å². The first-order valence-electron chi connectivity index (χ1n) is 7.15. The third-order valence-electron chi connectivity index (χ3n) is 3.82. The van der Waals surface area contributed by atoms with Crippen LogP contribution in [0.5, 0.6) is 0 Å². The molecule has 1 aromatic heterocycles. The number of carbonyl (C=O) groups excluding carboxylic acids is 2. The van der Waals surface area contributed by atoms with Crippen molar-refractivity contribution >= 4 is 23.5 Å². The lowest BCUT2D eigenvalue weighted by atomic mass is 9.92. The molecular weight excluding hydrogens is 320 g/mol. The molecule has 23 heavy (non-hydrogen) atoms. The van der Waals surface area contributed by atoms with E-state index in [1.165, 1.54) is 0 Å². The number of rotatable bonds is 4. The van der Waals surface area contributed by atoms with Crippen molar-refractivity contribution in [3.8, 4) is 0 Å². The van der Waals surface area contributed by atoms with Crippen molar-refractivity contribution in [2.45, 2.75) is 32.4 Å². The van der Waals surface area contributed by atoms with Crippen LogP contribution in [0.15, 0.2) is 28.8 Å². The Hall–Kier alpha value is -2.41. The largest absolute Gasteiger partial charge is 0.337 e. The Bertz CT molecular complexity index is 758. The molecule has 1 aliphatic rings. The maximum atomic E-state index is 12.7. The lowest BCUT2D eigenvalue weighted by Crippen LogP contribution is -2.40. The van der Waals surface area contributed by atoms with E-state index in [1.807, 2.05) is 6.92 Å². The summed E-state index contributed by atoms with van der Waals surface area (Å²) in [6.45, 7) is 3.49. The van der Waals surface area contributed by atoms with Gasteiger partial charge in [-0.15, -0.1) is 0 Å². The highest BCUT2D eigenvalue weighted by atomic mass is 35.5. The van der Waals surface area contributed by atoms with Crippen LogP contribution < -0.4 is 5.32 Å². The minimum absolute atomic E-state index is 0.0547.